The van der Waals surface area contributed by atoms with Crippen LogP contribution in [0.5, 0.6) is 0 Å². The van der Waals surface area contributed by atoms with Crippen molar-refractivity contribution in [2.75, 3.05) is 18.4 Å². The largest absolute Gasteiger partial charge is 0.383 e. The molecule has 0 spiro atoms. The average molecular weight is 232 g/mol. The third-order valence-corrected chi connectivity index (χ3v) is 2.43. The maximum atomic E-state index is 9.09. The molecule has 1 aromatic heterocycles. The summed E-state index contributed by atoms with van der Waals surface area (Å²) in [5, 5.41) is 15.7. The van der Waals surface area contributed by atoms with Gasteiger partial charge >= 0.3 is 0 Å². The van der Waals surface area contributed by atoms with Gasteiger partial charge in [-0.3, -0.25) is 4.98 Å². The van der Waals surface area contributed by atoms with Crippen molar-refractivity contribution in [2.45, 2.75) is 33.7 Å². The van der Waals surface area contributed by atoms with Gasteiger partial charge in [-0.25, -0.2) is 0 Å². The second-order valence-corrected chi connectivity index (χ2v) is 4.42. The van der Waals surface area contributed by atoms with Gasteiger partial charge in [-0.2, -0.15) is 5.26 Å². The van der Waals surface area contributed by atoms with Crippen molar-refractivity contribution in [1.29, 1.82) is 5.26 Å². The lowest BCUT2D eigenvalue weighted by Crippen LogP contribution is -2.28. The summed E-state index contributed by atoms with van der Waals surface area (Å²) in [5.41, 5.74) is 3.23. The predicted octanol–water partition coefficient (Wildman–Crippen LogP) is 1.98. The number of hydrogen-bond acceptors (Lipinski definition) is 4. The molecule has 4 nitrogen and oxygen atoms in total. The Balaban J connectivity index is 2.67. The van der Waals surface area contributed by atoms with Crippen molar-refractivity contribution in [1.82, 2.24) is 10.3 Å². The maximum Gasteiger partial charge on any atom is 0.103 e. The summed E-state index contributed by atoms with van der Waals surface area (Å²) in [4.78, 5) is 4.28. The van der Waals surface area contributed by atoms with Gasteiger partial charge in [-0.05, 0) is 19.9 Å². The van der Waals surface area contributed by atoms with E-state index in [1.807, 2.05) is 19.9 Å². The molecular weight excluding hydrogens is 212 g/mol. The Labute approximate surface area is 103 Å². The normalized spacial score (nSPS) is 10.4. The highest BCUT2D eigenvalue weighted by molar-refractivity contribution is 5.59. The van der Waals surface area contributed by atoms with Gasteiger partial charge in [0.05, 0.1) is 16.9 Å². The van der Waals surface area contributed by atoms with Crippen molar-refractivity contribution in [3.05, 3.63) is 23.0 Å². The molecule has 0 aliphatic heterocycles. The Morgan fingerprint density at radius 2 is 2.06 bits per heavy atom. The monoisotopic (exact) mass is 232 g/mol. The van der Waals surface area contributed by atoms with Crippen molar-refractivity contribution < 1.29 is 0 Å². The molecule has 0 bridgehead atoms. The van der Waals surface area contributed by atoms with Crippen LogP contribution < -0.4 is 10.6 Å². The van der Waals surface area contributed by atoms with Crippen LogP contribution in [0, 0.1) is 25.2 Å². The molecule has 0 fully saturated rings. The molecule has 0 radical (unpaired) electrons. The first-order valence-corrected chi connectivity index (χ1v) is 5.90. The highest BCUT2D eigenvalue weighted by Crippen LogP contribution is 2.18. The fourth-order valence-electron chi connectivity index (χ4n) is 1.67. The number of nitrogens with one attached hydrogen (secondary N) is 2. The second kappa shape index (κ2) is 6.21. The molecule has 0 saturated carbocycles. The van der Waals surface area contributed by atoms with Gasteiger partial charge in [0.1, 0.15) is 6.07 Å². The van der Waals surface area contributed by atoms with Crippen LogP contribution in [0.25, 0.3) is 0 Å². The van der Waals surface area contributed by atoms with E-state index in [1.165, 1.54) is 0 Å². The quantitative estimate of drug-likeness (QED) is 0.762. The van der Waals surface area contributed by atoms with Gasteiger partial charge in [0.25, 0.3) is 0 Å². The number of aryl methyl sites for hydroxylation is 2. The van der Waals surface area contributed by atoms with E-state index in [2.05, 4.69) is 35.5 Å². The number of aromatic nitrogens is 1. The molecule has 0 amide bonds. The molecule has 1 heterocycles. The van der Waals surface area contributed by atoms with Crippen molar-refractivity contribution >= 4 is 5.69 Å². The van der Waals surface area contributed by atoms with Crippen LogP contribution in [0.4, 0.5) is 5.69 Å². The minimum atomic E-state index is 0.480. The fourth-order valence-corrected chi connectivity index (χ4v) is 1.67. The summed E-state index contributed by atoms with van der Waals surface area (Å²) in [6, 6.07) is 4.59. The van der Waals surface area contributed by atoms with E-state index in [4.69, 9.17) is 5.26 Å². The van der Waals surface area contributed by atoms with Gasteiger partial charge < -0.3 is 10.6 Å². The van der Waals surface area contributed by atoms with Gasteiger partial charge in [0.15, 0.2) is 0 Å². The molecule has 17 heavy (non-hydrogen) atoms. The number of pyridine rings is 1. The predicted molar refractivity (Wildman–Crippen MR) is 70.1 cm³/mol. The third kappa shape index (κ3) is 4.04. The molecule has 0 aliphatic rings. The topological polar surface area (TPSA) is 60.7 Å². The number of anilines is 1. The van der Waals surface area contributed by atoms with E-state index in [0.717, 1.165) is 30.2 Å². The minimum Gasteiger partial charge on any atom is -0.383 e. The molecule has 1 rings (SSSR count). The Kier molecular flexibility index (Phi) is 4.92. The standard InChI is InChI=1S/C13H20N4/c1-9(2)15-5-6-16-13-7-10(3)17-11(4)12(13)8-14/h7,9,15H,5-6H2,1-4H3,(H,16,17). The Morgan fingerprint density at radius 3 is 2.65 bits per heavy atom. The second-order valence-electron chi connectivity index (χ2n) is 4.42. The molecule has 1 aromatic rings. The maximum absolute atomic E-state index is 9.09. The van der Waals surface area contributed by atoms with Gasteiger partial charge in [0.2, 0.25) is 0 Å². The van der Waals surface area contributed by atoms with Crippen LogP contribution in [-0.2, 0) is 0 Å². The van der Waals surface area contributed by atoms with Gasteiger partial charge in [0, 0.05) is 24.8 Å². The molecular formula is C13H20N4. The van der Waals surface area contributed by atoms with Crippen LogP contribution in [0.15, 0.2) is 6.07 Å². The van der Waals surface area contributed by atoms with E-state index >= 15 is 0 Å². The zero-order valence-corrected chi connectivity index (χ0v) is 11.0. The summed E-state index contributed by atoms with van der Waals surface area (Å²) in [7, 11) is 0. The summed E-state index contributed by atoms with van der Waals surface area (Å²) >= 11 is 0. The van der Waals surface area contributed by atoms with Crippen molar-refractivity contribution in [3.8, 4) is 6.07 Å². The number of nitrogens with zero attached hydrogens (tertiary/aromatic N) is 2. The molecule has 0 aromatic carbocycles. The van der Waals surface area contributed by atoms with E-state index in [9.17, 15) is 0 Å². The zero-order chi connectivity index (χ0) is 12.8. The van der Waals surface area contributed by atoms with Crippen molar-refractivity contribution in [3.63, 3.8) is 0 Å². The van der Waals surface area contributed by atoms with Crippen molar-refractivity contribution in [2.24, 2.45) is 0 Å². The first-order chi connectivity index (χ1) is 8.04. The lowest BCUT2D eigenvalue weighted by molar-refractivity contribution is 0.602. The third-order valence-electron chi connectivity index (χ3n) is 2.43. The number of nitriles is 1. The molecule has 2 N–H and O–H groups in total. The Hall–Kier alpha value is -1.60. The molecule has 0 saturated heterocycles. The smallest absolute Gasteiger partial charge is 0.103 e. The fraction of sp³-hybridized carbons (Fsp3) is 0.538. The summed E-state index contributed by atoms with van der Waals surface area (Å²) in [6.07, 6.45) is 0. The molecule has 0 unspecified atom stereocenters. The van der Waals surface area contributed by atoms with Gasteiger partial charge in [-0.15, -0.1) is 0 Å². The summed E-state index contributed by atoms with van der Waals surface area (Å²) in [6.45, 7) is 9.70. The van der Waals surface area contributed by atoms with E-state index < -0.39 is 0 Å². The van der Waals surface area contributed by atoms with Crippen LogP contribution in [0.1, 0.15) is 30.8 Å². The summed E-state index contributed by atoms with van der Waals surface area (Å²) in [5.74, 6) is 0. The molecule has 0 atom stereocenters. The van der Waals surface area contributed by atoms with Crippen LogP contribution >= 0.6 is 0 Å². The first-order valence-electron chi connectivity index (χ1n) is 5.90. The molecule has 4 heteroatoms. The molecule has 0 aliphatic carbocycles. The van der Waals surface area contributed by atoms with E-state index in [1.54, 1.807) is 0 Å². The van der Waals surface area contributed by atoms with Crippen LogP contribution in [-0.4, -0.2) is 24.1 Å². The Morgan fingerprint density at radius 1 is 1.35 bits per heavy atom. The minimum absolute atomic E-state index is 0.480. The lowest BCUT2D eigenvalue weighted by atomic mass is 10.1. The van der Waals surface area contributed by atoms with Gasteiger partial charge in [-0.1, -0.05) is 13.8 Å². The van der Waals surface area contributed by atoms with E-state index in [-0.39, 0.29) is 0 Å². The first kappa shape index (κ1) is 13.5. The Bertz CT molecular complexity index is 418. The van der Waals surface area contributed by atoms with Crippen LogP contribution in [0.3, 0.4) is 0 Å². The summed E-state index contributed by atoms with van der Waals surface area (Å²) < 4.78 is 0. The average Bonchev–Trinajstić information content (AvgIpc) is 2.23. The zero-order valence-electron chi connectivity index (χ0n) is 11.0. The van der Waals surface area contributed by atoms with E-state index in [0.29, 0.717) is 11.6 Å². The number of hydrogen-bond donors (Lipinski definition) is 2. The SMILES string of the molecule is Cc1cc(NCCNC(C)C)c(C#N)c(C)n1. The lowest BCUT2D eigenvalue weighted by Gasteiger charge is -2.12. The van der Waals surface area contributed by atoms with Crippen LogP contribution in [0.2, 0.25) is 0 Å². The highest BCUT2D eigenvalue weighted by Gasteiger charge is 2.07. The highest BCUT2D eigenvalue weighted by atomic mass is 15.0. The molecule has 92 valence electrons. The number of rotatable bonds is 5.